The number of fused-ring (bicyclic) bond motifs is 3. The molecule has 1 aliphatic heterocycles. The van der Waals surface area contributed by atoms with Crippen LogP contribution in [0.15, 0.2) is 36.4 Å². The topological polar surface area (TPSA) is 20.8 Å². The van der Waals surface area contributed by atoms with Crippen molar-refractivity contribution >= 4 is 28.6 Å². The lowest BCUT2D eigenvalue weighted by atomic mass is 10.1. The maximum absolute atomic E-state index is 6.02. The number of hydrogen-bond acceptors (Lipinski definition) is 1. The van der Waals surface area contributed by atoms with E-state index in [1.54, 1.807) is 0 Å². The van der Waals surface area contributed by atoms with Crippen LogP contribution in [0.3, 0.4) is 0 Å². The van der Waals surface area contributed by atoms with Crippen molar-refractivity contribution in [1.29, 1.82) is 0 Å². The van der Waals surface area contributed by atoms with Gasteiger partial charge in [-0.1, -0.05) is 23.7 Å². The van der Waals surface area contributed by atoms with Gasteiger partial charge >= 0.3 is 5.95 Å². The smallest absolute Gasteiger partial charge is 0.277 e. The van der Waals surface area contributed by atoms with Gasteiger partial charge in [-0.05, 0) is 54.8 Å². The number of anilines is 1. The third kappa shape index (κ3) is 2.49. The summed E-state index contributed by atoms with van der Waals surface area (Å²) in [6.07, 6.45) is 1.17. The number of aryl methyl sites for hydroxylation is 3. The molecule has 4 rings (SSSR count). The lowest BCUT2D eigenvalue weighted by molar-refractivity contribution is -0.661. The van der Waals surface area contributed by atoms with Gasteiger partial charge in [-0.3, -0.25) is 5.32 Å². The van der Waals surface area contributed by atoms with Crippen LogP contribution in [0.1, 0.15) is 23.1 Å². The van der Waals surface area contributed by atoms with Gasteiger partial charge in [-0.25, -0.2) is 9.13 Å². The Morgan fingerprint density at radius 3 is 2.65 bits per heavy atom. The minimum Gasteiger partial charge on any atom is -0.277 e. The number of nitrogens with one attached hydrogen (secondary N) is 1. The van der Waals surface area contributed by atoms with Crippen LogP contribution < -0.4 is 9.88 Å². The molecule has 0 fully saturated rings. The molecule has 4 heteroatoms. The molecule has 0 aliphatic carbocycles. The number of aromatic nitrogens is 2. The van der Waals surface area contributed by atoms with E-state index in [4.69, 9.17) is 11.6 Å². The summed E-state index contributed by atoms with van der Waals surface area (Å²) in [6.45, 7) is 7.34. The van der Waals surface area contributed by atoms with Gasteiger partial charge in [0.25, 0.3) is 0 Å². The number of nitrogens with zero attached hydrogens (tertiary/aromatic N) is 2. The molecule has 0 amide bonds. The van der Waals surface area contributed by atoms with Crippen LogP contribution in [0.2, 0.25) is 5.02 Å². The van der Waals surface area contributed by atoms with Crippen molar-refractivity contribution in [2.75, 3.05) is 11.9 Å². The van der Waals surface area contributed by atoms with E-state index in [0.717, 1.165) is 24.7 Å². The first-order chi connectivity index (χ1) is 11.1. The maximum atomic E-state index is 6.02. The summed E-state index contributed by atoms with van der Waals surface area (Å²) in [7, 11) is 0. The molecular weight excluding hydrogens is 306 g/mol. The molecule has 0 atom stereocenters. The van der Waals surface area contributed by atoms with E-state index >= 15 is 0 Å². The molecule has 1 aromatic heterocycles. The van der Waals surface area contributed by atoms with Crippen LogP contribution in [0.25, 0.3) is 11.0 Å². The standard InChI is InChI=1S/C19H20ClN3/c1-13-10-17-18(11-14(13)2)23(19-21-8-3-9-22(17)19)12-15-4-6-16(20)7-5-15/h4-7,10-11H,3,8-9,12H2,1-2H3/p+1. The van der Waals surface area contributed by atoms with Crippen LogP contribution in [-0.4, -0.2) is 11.1 Å². The van der Waals surface area contributed by atoms with Crippen molar-refractivity contribution in [3.05, 3.63) is 58.1 Å². The second-order valence-corrected chi connectivity index (χ2v) is 6.83. The Hall–Kier alpha value is -2.00. The minimum absolute atomic E-state index is 0.784. The average Bonchev–Trinajstić information content (AvgIpc) is 2.84. The first kappa shape index (κ1) is 14.6. The molecule has 0 bridgehead atoms. The monoisotopic (exact) mass is 326 g/mol. The van der Waals surface area contributed by atoms with Gasteiger partial charge in [0.15, 0.2) is 0 Å². The van der Waals surface area contributed by atoms with Crippen LogP contribution in [0.5, 0.6) is 0 Å². The number of imidazole rings is 1. The van der Waals surface area contributed by atoms with E-state index in [2.05, 4.69) is 52.6 Å². The van der Waals surface area contributed by atoms with Crippen LogP contribution in [-0.2, 0) is 13.1 Å². The minimum atomic E-state index is 0.784. The van der Waals surface area contributed by atoms with Crippen LogP contribution in [0.4, 0.5) is 5.95 Å². The van der Waals surface area contributed by atoms with Crippen LogP contribution in [0, 0.1) is 13.8 Å². The number of benzene rings is 2. The molecule has 3 nitrogen and oxygen atoms in total. The highest BCUT2D eigenvalue weighted by Crippen LogP contribution is 2.25. The summed E-state index contributed by atoms with van der Waals surface area (Å²) < 4.78 is 4.81. The molecule has 0 radical (unpaired) electrons. The Kier molecular flexibility index (Phi) is 3.53. The largest absolute Gasteiger partial charge is 0.358 e. The third-order valence-corrected chi connectivity index (χ3v) is 5.03. The van der Waals surface area contributed by atoms with E-state index in [0.29, 0.717) is 0 Å². The van der Waals surface area contributed by atoms with Crippen molar-refractivity contribution in [2.24, 2.45) is 0 Å². The number of rotatable bonds is 2. The molecule has 1 N–H and O–H groups in total. The molecule has 3 aromatic rings. The molecule has 0 saturated heterocycles. The summed E-state index contributed by atoms with van der Waals surface area (Å²) in [5, 5.41) is 4.38. The predicted molar refractivity (Wildman–Crippen MR) is 95.3 cm³/mol. The van der Waals surface area contributed by atoms with Crippen molar-refractivity contribution < 1.29 is 4.57 Å². The average molecular weight is 327 g/mol. The summed E-state index contributed by atoms with van der Waals surface area (Å²) in [5.41, 5.74) is 6.57. The molecule has 0 unspecified atom stereocenters. The Morgan fingerprint density at radius 1 is 1.13 bits per heavy atom. The van der Waals surface area contributed by atoms with E-state index < -0.39 is 0 Å². The SMILES string of the molecule is Cc1cc2c(cc1C)[n+]1c(n2Cc2ccc(Cl)cc2)NCCC1. The summed E-state index contributed by atoms with van der Waals surface area (Å²) in [4.78, 5) is 0. The van der Waals surface area contributed by atoms with Gasteiger partial charge in [-0.15, -0.1) is 0 Å². The fraction of sp³-hybridized carbons (Fsp3) is 0.316. The van der Waals surface area contributed by atoms with Crippen molar-refractivity contribution in [1.82, 2.24) is 4.57 Å². The Morgan fingerprint density at radius 2 is 1.87 bits per heavy atom. The summed E-state index contributed by atoms with van der Waals surface area (Å²) >= 11 is 6.02. The summed E-state index contributed by atoms with van der Waals surface area (Å²) in [6, 6.07) is 12.8. The highest BCUT2D eigenvalue weighted by atomic mass is 35.5. The zero-order valence-corrected chi connectivity index (χ0v) is 14.3. The van der Waals surface area contributed by atoms with Gasteiger partial charge in [0.1, 0.15) is 11.0 Å². The molecule has 23 heavy (non-hydrogen) atoms. The number of hydrogen-bond donors (Lipinski definition) is 1. The first-order valence-electron chi connectivity index (χ1n) is 8.15. The normalized spacial score (nSPS) is 13.9. The quantitative estimate of drug-likeness (QED) is 0.704. The Balaban J connectivity index is 1.90. The second kappa shape index (κ2) is 5.57. The molecule has 1 aliphatic rings. The van der Waals surface area contributed by atoms with Crippen molar-refractivity contribution in [3.63, 3.8) is 0 Å². The van der Waals surface area contributed by atoms with E-state index in [-0.39, 0.29) is 0 Å². The van der Waals surface area contributed by atoms with E-state index in [1.165, 1.54) is 40.1 Å². The van der Waals surface area contributed by atoms with Gasteiger partial charge in [0, 0.05) is 11.4 Å². The molecule has 0 saturated carbocycles. The van der Waals surface area contributed by atoms with Gasteiger partial charge in [-0.2, -0.15) is 0 Å². The Bertz CT molecular complexity index is 878. The van der Waals surface area contributed by atoms with E-state index in [1.807, 2.05) is 12.1 Å². The van der Waals surface area contributed by atoms with E-state index in [9.17, 15) is 0 Å². The lowest BCUT2D eigenvalue weighted by Gasteiger charge is -2.12. The zero-order valence-electron chi connectivity index (χ0n) is 13.6. The molecular formula is C19H21ClN3+. The number of halogens is 1. The Labute approximate surface area is 141 Å². The fourth-order valence-corrected chi connectivity index (χ4v) is 3.51. The molecule has 2 aromatic carbocycles. The summed E-state index contributed by atoms with van der Waals surface area (Å²) in [5.74, 6) is 1.21. The predicted octanol–water partition coefficient (Wildman–Crippen LogP) is 4.06. The van der Waals surface area contributed by atoms with Crippen molar-refractivity contribution in [2.45, 2.75) is 33.4 Å². The zero-order chi connectivity index (χ0) is 16.0. The third-order valence-electron chi connectivity index (χ3n) is 4.78. The highest BCUT2D eigenvalue weighted by Gasteiger charge is 2.26. The fourth-order valence-electron chi connectivity index (χ4n) is 3.38. The van der Waals surface area contributed by atoms with Gasteiger partial charge in [0.05, 0.1) is 19.6 Å². The molecule has 118 valence electrons. The maximum Gasteiger partial charge on any atom is 0.358 e. The van der Waals surface area contributed by atoms with Crippen LogP contribution >= 0.6 is 11.6 Å². The van der Waals surface area contributed by atoms with Gasteiger partial charge in [0.2, 0.25) is 0 Å². The van der Waals surface area contributed by atoms with Crippen molar-refractivity contribution in [3.8, 4) is 0 Å². The second-order valence-electron chi connectivity index (χ2n) is 6.39. The first-order valence-corrected chi connectivity index (χ1v) is 8.53. The van der Waals surface area contributed by atoms with Gasteiger partial charge < -0.3 is 0 Å². The molecule has 2 heterocycles. The highest BCUT2D eigenvalue weighted by molar-refractivity contribution is 6.30. The molecule has 0 spiro atoms. The lowest BCUT2D eigenvalue weighted by Crippen LogP contribution is -2.42.